The summed E-state index contributed by atoms with van der Waals surface area (Å²) in [7, 11) is 0. The summed E-state index contributed by atoms with van der Waals surface area (Å²) >= 11 is 0. The molecule has 0 radical (unpaired) electrons. The van der Waals surface area contributed by atoms with Crippen molar-refractivity contribution in [2.24, 2.45) is 0 Å². The number of hydrogen-bond donors (Lipinski definition) is 0. The molecule has 1 amide bonds. The SMILES string of the molecule is Cc1nc(COc2cccc(C(=O)N3CCCC3)c2)no1. The first-order valence-corrected chi connectivity index (χ1v) is 7.04. The minimum absolute atomic E-state index is 0.0633. The number of nitrogens with zero attached hydrogens (tertiary/aromatic N) is 3. The Morgan fingerprint density at radius 3 is 2.90 bits per heavy atom. The van der Waals surface area contributed by atoms with E-state index in [0.717, 1.165) is 25.9 Å². The molecule has 1 saturated heterocycles. The maximum absolute atomic E-state index is 12.3. The van der Waals surface area contributed by atoms with Crippen molar-refractivity contribution < 1.29 is 14.1 Å². The van der Waals surface area contributed by atoms with E-state index in [2.05, 4.69) is 10.1 Å². The van der Waals surface area contributed by atoms with Gasteiger partial charge in [-0.3, -0.25) is 4.79 Å². The summed E-state index contributed by atoms with van der Waals surface area (Å²) in [6.07, 6.45) is 2.16. The van der Waals surface area contributed by atoms with Crippen molar-refractivity contribution in [2.75, 3.05) is 13.1 Å². The predicted octanol–water partition coefficient (Wildman–Crippen LogP) is 2.19. The average molecular weight is 287 g/mol. The second-order valence-corrected chi connectivity index (χ2v) is 5.05. The summed E-state index contributed by atoms with van der Waals surface area (Å²) in [6.45, 7) is 3.63. The molecule has 1 aliphatic heterocycles. The standard InChI is InChI=1S/C15H17N3O3/c1-11-16-14(17-21-11)10-20-13-6-4-5-12(9-13)15(19)18-7-2-3-8-18/h4-6,9H,2-3,7-8,10H2,1H3. The van der Waals surface area contributed by atoms with Crippen molar-refractivity contribution in [3.8, 4) is 5.75 Å². The van der Waals surface area contributed by atoms with E-state index in [1.807, 2.05) is 23.1 Å². The van der Waals surface area contributed by atoms with Gasteiger partial charge in [0.25, 0.3) is 5.91 Å². The third kappa shape index (κ3) is 3.21. The molecule has 2 heterocycles. The molecule has 1 aliphatic rings. The van der Waals surface area contributed by atoms with Crippen molar-refractivity contribution >= 4 is 5.91 Å². The van der Waals surface area contributed by atoms with Gasteiger partial charge in [0, 0.05) is 25.6 Å². The van der Waals surface area contributed by atoms with Crippen LogP contribution in [0.2, 0.25) is 0 Å². The van der Waals surface area contributed by atoms with Crippen LogP contribution in [0.3, 0.4) is 0 Å². The predicted molar refractivity (Wildman–Crippen MR) is 74.9 cm³/mol. The van der Waals surface area contributed by atoms with E-state index in [1.54, 1.807) is 13.0 Å². The van der Waals surface area contributed by atoms with Crippen molar-refractivity contribution in [1.29, 1.82) is 0 Å². The molecule has 2 aromatic rings. The van der Waals surface area contributed by atoms with Gasteiger partial charge in [0.1, 0.15) is 5.75 Å². The molecule has 0 atom stereocenters. The maximum Gasteiger partial charge on any atom is 0.253 e. The second-order valence-electron chi connectivity index (χ2n) is 5.05. The molecule has 21 heavy (non-hydrogen) atoms. The molecule has 0 N–H and O–H groups in total. The molecule has 6 heteroatoms. The molecule has 110 valence electrons. The Morgan fingerprint density at radius 1 is 1.38 bits per heavy atom. The monoisotopic (exact) mass is 287 g/mol. The minimum Gasteiger partial charge on any atom is -0.485 e. The van der Waals surface area contributed by atoms with Crippen molar-refractivity contribution in [2.45, 2.75) is 26.4 Å². The molecule has 1 aromatic carbocycles. The molecule has 3 rings (SSSR count). The third-order valence-corrected chi connectivity index (χ3v) is 3.41. The van der Waals surface area contributed by atoms with Crippen molar-refractivity contribution in [3.63, 3.8) is 0 Å². The van der Waals surface area contributed by atoms with Gasteiger partial charge in [-0.05, 0) is 31.0 Å². The highest BCUT2D eigenvalue weighted by molar-refractivity contribution is 5.94. The van der Waals surface area contributed by atoms with Crippen LogP contribution in [-0.2, 0) is 6.61 Å². The first-order chi connectivity index (χ1) is 10.2. The van der Waals surface area contributed by atoms with E-state index >= 15 is 0 Å². The summed E-state index contributed by atoms with van der Waals surface area (Å²) < 4.78 is 10.5. The Kier molecular flexibility index (Phi) is 3.85. The first kappa shape index (κ1) is 13.6. The highest BCUT2D eigenvalue weighted by atomic mass is 16.5. The zero-order chi connectivity index (χ0) is 14.7. The Hall–Kier alpha value is -2.37. The molecule has 0 unspecified atom stereocenters. The van der Waals surface area contributed by atoms with Gasteiger partial charge in [0.15, 0.2) is 6.61 Å². The lowest BCUT2D eigenvalue weighted by Crippen LogP contribution is -2.27. The average Bonchev–Trinajstić information content (AvgIpc) is 3.16. The number of aryl methyl sites for hydroxylation is 1. The Morgan fingerprint density at radius 2 is 2.19 bits per heavy atom. The van der Waals surface area contributed by atoms with Gasteiger partial charge >= 0.3 is 0 Å². The van der Waals surface area contributed by atoms with Gasteiger partial charge in [-0.25, -0.2) is 0 Å². The van der Waals surface area contributed by atoms with Crippen LogP contribution in [0, 0.1) is 6.92 Å². The summed E-state index contributed by atoms with van der Waals surface area (Å²) in [5.74, 6) is 1.69. The Bertz CT molecular complexity index is 633. The van der Waals surface area contributed by atoms with Crippen LogP contribution in [0.25, 0.3) is 0 Å². The van der Waals surface area contributed by atoms with Crippen LogP contribution < -0.4 is 4.74 Å². The Labute approximate surface area is 122 Å². The first-order valence-electron chi connectivity index (χ1n) is 7.04. The molecule has 0 bridgehead atoms. The van der Waals surface area contributed by atoms with Crippen LogP contribution >= 0.6 is 0 Å². The highest BCUT2D eigenvalue weighted by Gasteiger charge is 2.19. The van der Waals surface area contributed by atoms with Crippen LogP contribution in [-0.4, -0.2) is 34.0 Å². The molecule has 0 aliphatic carbocycles. The number of aromatic nitrogens is 2. The smallest absolute Gasteiger partial charge is 0.253 e. The number of amides is 1. The molecule has 6 nitrogen and oxygen atoms in total. The minimum atomic E-state index is 0.0633. The number of carbonyl (C=O) groups excluding carboxylic acids is 1. The normalized spacial score (nSPS) is 14.4. The van der Waals surface area contributed by atoms with E-state index in [-0.39, 0.29) is 12.5 Å². The van der Waals surface area contributed by atoms with Gasteiger partial charge < -0.3 is 14.2 Å². The van der Waals surface area contributed by atoms with Gasteiger partial charge in [0.05, 0.1) is 0 Å². The molecule has 1 aromatic heterocycles. The fourth-order valence-corrected chi connectivity index (χ4v) is 2.37. The van der Waals surface area contributed by atoms with E-state index < -0.39 is 0 Å². The lowest BCUT2D eigenvalue weighted by molar-refractivity contribution is 0.0792. The fraction of sp³-hybridized carbons (Fsp3) is 0.400. The van der Waals surface area contributed by atoms with Crippen molar-refractivity contribution in [3.05, 3.63) is 41.5 Å². The zero-order valence-corrected chi connectivity index (χ0v) is 11.9. The van der Waals surface area contributed by atoms with Gasteiger partial charge in [0.2, 0.25) is 11.7 Å². The van der Waals surface area contributed by atoms with Crippen molar-refractivity contribution in [1.82, 2.24) is 15.0 Å². The number of ether oxygens (including phenoxy) is 1. The summed E-state index contributed by atoms with van der Waals surface area (Å²) in [6, 6.07) is 7.20. The second kappa shape index (κ2) is 5.95. The van der Waals surface area contributed by atoms with Gasteiger partial charge in [-0.2, -0.15) is 4.98 Å². The highest BCUT2D eigenvalue weighted by Crippen LogP contribution is 2.18. The van der Waals surface area contributed by atoms with E-state index in [1.165, 1.54) is 0 Å². The lowest BCUT2D eigenvalue weighted by Gasteiger charge is -2.15. The zero-order valence-electron chi connectivity index (χ0n) is 11.9. The molecular weight excluding hydrogens is 270 g/mol. The molecule has 0 saturated carbocycles. The van der Waals surface area contributed by atoms with Crippen LogP contribution in [0.5, 0.6) is 5.75 Å². The summed E-state index contributed by atoms with van der Waals surface area (Å²) in [5.41, 5.74) is 0.652. The third-order valence-electron chi connectivity index (χ3n) is 3.41. The quantitative estimate of drug-likeness (QED) is 0.862. The lowest BCUT2D eigenvalue weighted by atomic mass is 10.2. The van der Waals surface area contributed by atoms with E-state index in [9.17, 15) is 4.79 Å². The molecule has 1 fully saturated rings. The van der Waals surface area contributed by atoms with Crippen LogP contribution in [0.1, 0.15) is 34.9 Å². The summed E-state index contributed by atoms with van der Waals surface area (Å²) in [4.78, 5) is 18.3. The number of benzene rings is 1. The fourth-order valence-electron chi connectivity index (χ4n) is 2.37. The van der Waals surface area contributed by atoms with Gasteiger partial charge in [-0.1, -0.05) is 11.2 Å². The van der Waals surface area contributed by atoms with Crippen LogP contribution in [0.15, 0.2) is 28.8 Å². The summed E-state index contributed by atoms with van der Waals surface area (Å²) in [5, 5.41) is 3.77. The Balaban J connectivity index is 1.66. The van der Waals surface area contributed by atoms with E-state index in [4.69, 9.17) is 9.26 Å². The molecule has 0 spiro atoms. The maximum atomic E-state index is 12.3. The largest absolute Gasteiger partial charge is 0.485 e. The topological polar surface area (TPSA) is 68.5 Å². The number of likely N-dealkylation sites (tertiary alicyclic amines) is 1. The molecular formula is C15H17N3O3. The van der Waals surface area contributed by atoms with Gasteiger partial charge in [-0.15, -0.1) is 0 Å². The number of rotatable bonds is 4. The number of carbonyl (C=O) groups is 1. The number of hydrogen-bond acceptors (Lipinski definition) is 5. The van der Waals surface area contributed by atoms with Crippen LogP contribution in [0.4, 0.5) is 0 Å². The van der Waals surface area contributed by atoms with E-state index in [0.29, 0.717) is 23.0 Å².